The van der Waals surface area contributed by atoms with E-state index in [2.05, 4.69) is 11.1 Å². The van der Waals surface area contributed by atoms with Gasteiger partial charge in [0.25, 0.3) is 0 Å². The summed E-state index contributed by atoms with van der Waals surface area (Å²) in [6.45, 7) is 0. The van der Waals surface area contributed by atoms with Crippen molar-refractivity contribution in [3.8, 4) is 11.8 Å². The molecule has 0 spiro atoms. The normalized spacial score (nSPS) is 10.4. The Hall–Kier alpha value is -2.80. The van der Waals surface area contributed by atoms with Crippen LogP contribution in [0.5, 0.6) is 0 Å². The van der Waals surface area contributed by atoms with Gasteiger partial charge in [0, 0.05) is 0 Å². The molecule has 0 fully saturated rings. The zero-order valence-electron chi connectivity index (χ0n) is 9.42. The second kappa shape index (κ2) is 3.90. The number of nitrogens with zero attached hydrogens (tertiary/aromatic N) is 2. The summed E-state index contributed by atoms with van der Waals surface area (Å²) in [6, 6.07) is 16.5. The number of rotatable bonds is 1. The fraction of sp³-hybridized carbons (Fsp3) is 0. The van der Waals surface area contributed by atoms with Gasteiger partial charge in [-0.3, -0.25) is 4.57 Å². The minimum Gasteiger partial charge on any atom is -0.305 e. The van der Waals surface area contributed by atoms with Crippen molar-refractivity contribution >= 4 is 11.0 Å². The molecular weight excluding hydrogens is 226 g/mol. The lowest BCUT2D eigenvalue weighted by atomic mass is 10.2. The lowest BCUT2D eigenvalue weighted by Crippen LogP contribution is -2.14. The fourth-order valence-corrected chi connectivity index (χ4v) is 2.00. The first-order chi connectivity index (χ1) is 8.79. The third kappa shape index (κ3) is 1.50. The van der Waals surface area contributed by atoms with Gasteiger partial charge < -0.3 is 4.98 Å². The maximum Gasteiger partial charge on any atom is 0.331 e. The molecule has 0 bridgehead atoms. The number of benzene rings is 2. The quantitative estimate of drug-likeness (QED) is 0.702. The summed E-state index contributed by atoms with van der Waals surface area (Å²) in [6.07, 6.45) is 0. The average molecular weight is 235 g/mol. The highest BCUT2D eigenvalue weighted by atomic mass is 16.1. The molecule has 0 radical (unpaired) electrons. The van der Waals surface area contributed by atoms with Crippen LogP contribution in [-0.4, -0.2) is 9.55 Å². The number of H-pyrrole nitrogens is 1. The van der Waals surface area contributed by atoms with E-state index in [1.54, 1.807) is 28.8 Å². The molecule has 0 aliphatic heterocycles. The summed E-state index contributed by atoms with van der Waals surface area (Å²) in [5.74, 6) is 0. The first-order valence-corrected chi connectivity index (χ1v) is 5.50. The van der Waals surface area contributed by atoms with Crippen LogP contribution in [0.1, 0.15) is 5.56 Å². The van der Waals surface area contributed by atoms with E-state index < -0.39 is 0 Å². The first kappa shape index (κ1) is 10.4. The minimum absolute atomic E-state index is 0.180. The number of hydrogen-bond acceptors (Lipinski definition) is 2. The molecule has 0 aliphatic carbocycles. The molecule has 1 heterocycles. The lowest BCUT2D eigenvalue weighted by Gasteiger charge is -2.02. The molecule has 2 aromatic carbocycles. The number of fused-ring (bicyclic) bond motifs is 1. The van der Waals surface area contributed by atoms with E-state index >= 15 is 0 Å². The van der Waals surface area contributed by atoms with Crippen molar-refractivity contribution in [2.45, 2.75) is 0 Å². The van der Waals surface area contributed by atoms with E-state index in [-0.39, 0.29) is 5.69 Å². The van der Waals surface area contributed by atoms with Crippen molar-refractivity contribution in [3.63, 3.8) is 0 Å². The van der Waals surface area contributed by atoms with Crippen LogP contribution >= 0.6 is 0 Å². The molecule has 0 saturated carbocycles. The van der Waals surface area contributed by atoms with Crippen LogP contribution in [0.3, 0.4) is 0 Å². The van der Waals surface area contributed by atoms with Gasteiger partial charge in [-0.1, -0.05) is 12.1 Å². The molecule has 18 heavy (non-hydrogen) atoms. The summed E-state index contributed by atoms with van der Waals surface area (Å²) < 4.78 is 1.59. The second-order valence-corrected chi connectivity index (χ2v) is 3.94. The SMILES string of the molecule is N#Cc1ccc(-n2c(=O)[nH]c3ccccc32)cc1. The van der Waals surface area contributed by atoms with Gasteiger partial charge in [-0.25, -0.2) is 4.79 Å². The highest BCUT2D eigenvalue weighted by molar-refractivity contribution is 5.77. The Morgan fingerprint density at radius 2 is 1.78 bits per heavy atom. The molecular formula is C14H9N3O. The van der Waals surface area contributed by atoms with Gasteiger partial charge in [0.2, 0.25) is 0 Å². The van der Waals surface area contributed by atoms with Gasteiger partial charge in [0.05, 0.1) is 28.4 Å². The van der Waals surface area contributed by atoms with E-state index in [9.17, 15) is 4.79 Å². The van der Waals surface area contributed by atoms with Gasteiger partial charge >= 0.3 is 5.69 Å². The van der Waals surface area contributed by atoms with Gasteiger partial charge in [-0.15, -0.1) is 0 Å². The van der Waals surface area contributed by atoms with Crippen LogP contribution in [0.15, 0.2) is 53.3 Å². The molecule has 1 N–H and O–H groups in total. The number of hydrogen-bond donors (Lipinski definition) is 1. The number of para-hydroxylation sites is 2. The second-order valence-electron chi connectivity index (χ2n) is 3.94. The average Bonchev–Trinajstić information content (AvgIpc) is 2.75. The number of imidazole rings is 1. The minimum atomic E-state index is -0.180. The number of nitriles is 1. The maximum absolute atomic E-state index is 11.9. The van der Waals surface area contributed by atoms with E-state index in [1.807, 2.05) is 24.3 Å². The zero-order valence-corrected chi connectivity index (χ0v) is 9.42. The number of nitrogens with one attached hydrogen (secondary N) is 1. The van der Waals surface area contributed by atoms with Crippen molar-refractivity contribution in [1.29, 1.82) is 5.26 Å². The standard InChI is InChI=1S/C14H9N3O/c15-9-10-5-7-11(8-6-10)17-13-4-2-1-3-12(13)16-14(17)18/h1-8H,(H,16,18). The summed E-state index contributed by atoms with van der Waals surface area (Å²) in [7, 11) is 0. The molecule has 0 aliphatic rings. The molecule has 0 atom stereocenters. The van der Waals surface area contributed by atoms with Gasteiger partial charge in [-0.05, 0) is 36.4 Å². The van der Waals surface area contributed by atoms with Crippen LogP contribution in [0, 0.1) is 11.3 Å². The molecule has 0 amide bonds. The zero-order chi connectivity index (χ0) is 12.5. The van der Waals surface area contributed by atoms with Crippen LogP contribution in [0.25, 0.3) is 16.7 Å². The Bertz CT molecular complexity index is 803. The van der Waals surface area contributed by atoms with Crippen LogP contribution in [-0.2, 0) is 0 Å². The number of aromatic amines is 1. The summed E-state index contributed by atoms with van der Waals surface area (Å²) in [5.41, 5.74) is 2.77. The molecule has 0 saturated heterocycles. The predicted molar refractivity (Wildman–Crippen MR) is 68.6 cm³/mol. The largest absolute Gasteiger partial charge is 0.331 e. The Morgan fingerprint density at radius 3 is 2.50 bits per heavy atom. The van der Waals surface area contributed by atoms with Crippen molar-refractivity contribution in [2.75, 3.05) is 0 Å². The van der Waals surface area contributed by atoms with Crippen molar-refractivity contribution < 1.29 is 0 Å². The maximum atomic E-state index is 11.9. The first-order valence-electron chi connectivity index (χ1n) is 5.50. The summed E-state index contributed by atoms with van der Waals surface area (Å²) in [5, 5.41) is 8.76. The predicted octanol–water partition coefficient (Wildman–Crippen LogP) is 2.19. The van der Waals surface area contributed by atoms with E-state index in [4.69, 9.17) is 5.26 Å². The fourth-order valence-electron chi connectivity index (χ4n) is 2.00. The topological polar surface area (TPSA) is 61.6 Å². The smallest absolute Gasteiger partial charge is 0.305 e. The molecule has 86 valence electrons. The third-order valence-electron chi connectivity index (χ3n) is 2.84. The summed E-state index contributed by atoms with van der Waals surface area (Å²) >= 11 is 0. The van der Waals surface area contributed by atoms with Gasteiger partial charge in [0.15, 0.2) is 0 Å². The van der Waals surface area contributed by atoms with Crippen molar-refractivity contribution in [1.82, 2.24) is 9.55 Å². The van der Waals surface area contributed by atoms with E-state index in [1.165, 1.54) is 0 Å². The van der Waals surface area contributed by atoms with E-state index in [0.29, 0.717) is 5.56 Å². The Balaban J connectivity index is 2.28. The highest BCUT2D eigenvalue weighted by Crippen LogP contribution is 2.15. The number of aromatic nitrogens is 2. The van der Waals surface area contributed by atoms with Crippen molar-refractivity contribution in [2.24, 2.45) is 0 Å². The van der Waals surface area contributed by atoms with Crippen LogP contribution in [0.2, 0.25) is 0 Å². The Morgan fingerprint density at radius 1 is 1.06 bits per heavy atom. The van der Waals surface area contributed by atoms with Gasteiger partial charge in [-0.2, -0.15) is 5.26 Å². The molecule has 4 heteroatoms. The molecule has 0 unspecified atom stereocenters. The molecule has 3 rings (SSSR count). The van der Waals surface area contributed by atoms with Crippen molar-refractivity contribution in [3.05, 3.63) is 64.6 Å². The lowest BCUT2D eigenvalue weighted by molar-refractivity contribution is 1.02. The molecule has 1 aromatic heterocycles. The monoisotopic (exact) mass is 235 g/mol. The van der Waals surface area contributed by atoms with Gasteiger partial charge in [0.1, 0.15) is 0 Å². The summed E-state index contributed by atoms with van der Waals surface area (Å²) in [4.78, 5) is 14.7. The highest BCUT2D eigenvalue weighted by Gasteiger charge is 2.07. The van der Waals surface area contributed by atoms with E-state index in [0.717, 1.165) is 16.7 Å². The van der Waals surface area contributed by atoms with Crippen LogP contribution < -0.4 is 5.69 Å². The third-order valence-corrected chi connectivity index (χ3v) is 2.84. The Kier molecular flexibility index (Phi) is 2.24. The molecule has 4 nitrogen and oxygen atoms in total. The van der Waals surface area contributed by atoms with Crippen LogP contribution in [0.4, 0.5) is 0 Å². The molecule has 3 aromatic rings. The Labute approximate surface area is 103 Å².